The maximum atomic E-state index is 12.2. The summed E-state index contributed by atoms with van der Waals surface area (Å²) in [6, 6.07) is 7.71. The minimum absolute atomic E-state index is 0.231. The first kappa shape index (κ1) is 12.9. The summed E-state index contributed by atoms with van der Waals surface area (Å²) in [5, 5.41) is 0. The van der Waals surface area contributed by atoms with Crippen molar-refractivity contribution in [1.29, 1.82) is 0 Å². The predicted molar refractivity (Wildman–Crippen MR) is 73.1 cm³/mol. The average molecular weight is 247 g/mol. The highest BCUT2D eigenvalue weighted by Crippen LogP contribution is 2.26. The Morgan fingerprint density at radius 3 is 2.39 bits per heavy atom. The van der Waals surface area contributed by atoms with Gasteiger partial charge < -0.3 is 9.64 Å². The monoisotopic (exact) mass is 247 g/mol. The third-order valence-electron chi connectivity index (χ3n) is 2.97. The molecular weight excluding hydrogens is 226 g/mol. The van der Waals surface area contributed by atoms with E-state index in [-0.39, 0.29) is 5.97 Å². The van der Waals surface area contributed by atoms with Gasteiger partial charge in [-0.1, -0.05) is 12.1 Å². The number of nitrogens with zero attached hydrogens (tertiary/aromatic N) is 1. The van der Waals surface area contributed by atoms with E-state index in [1.807, 2.05) is 45.0 Å². The zero-order valence-electron chi connectivity index (χ0n) is 11.4. The van der Waals surface area contributed by atoms with Crippen LogP contribution in [0.1, 0.15) is 44.0 Å². The first-order chi connectivity index (χ1) is 8.47. The first-order valence-corrected chi connectivity index (χ1v) is 6.55. The highest BCUT2D eigenvalue weighted by Gasteiger charge is 2.23. The molecule has 2 rings (SSSR count). The van der Waals surface area contributed by atoms with Gasteiger partial charge in [0.05, 0.1) is 11.3 Å². The molecule has 3 nitrogen and oxygen atoms in total. The van der Waals surface area contributed by atoms with Crippen LogP contribution in [0.4, 0.5) is 5.69 Å². The second kappa shape index (κ2) is 5.01. The van der Waals surface area contributed by atoms with E-state index in [1.165, 1.54) is 12.8 Å². The van der Waals surface area contributed by atoms with Gasteiger partial charge in [-0.05, 0) is 45.7 Å². The average Bonchev–Trinajstić information content (AvgIpc) is 2.80. The lowest BCUT2D eigenvalue weighted by Crippen LogP contribution is -2.26. The number of carbonyl (C=O) groups excluding carboxylic acids is 1. The highest BCUT2D eigenvalue weighted by atomic mass is 16.6. The Balaban J connectivity index is 2.24. The van der Waals surface area contributed by atoms with Crippen LogP contribution in [0.25, 0.3) is 0 Å². The van der Waals surface area contributed by atoms with E-state index in [4.69, 9.17) is 4.74 Å². The van der Waals surface area contributed by atoms with Crippen LogP contribution in [0, 0.1) is 0 Å². The molecule has 1 aliphatic rings. The van der Waals surface area contributed by atoms with Gasteiger partial charge in [-0.2, -0.15) is 0 Å². The van der Waals surface area contributed by atoms with E-state index in [2.05, 4.69) is 4.90 Å². The van der Waals surface area contributed by atoms with Gasteiger partial charge >= 0.3 is 5.97 Å². The summed E-state index contributed by atoms with van der Waals surface area (Å²) in [4.78, 5) is 14.5. The fourth-order valence-electron chi connectivity index (χ4n) is 2.21. The van der Waals surface area contributed by atoms with E-state index in [0.717, 1.165) is 18.8 Å². The number of rotatable bonds is 2. The van der Waals surface area contributed by atoms with E-state index in [0.29, 0.717) is 5.56 Å². The zero-order chi connectivity index (χ0) is 13.2. The number of hydrogen-bond acceptors (Lipinski definition) is 3. The lowest BCUT2D eigenvalue weighted by Gasteiger charge is -2.24. The molecule has 0 atom stereocenters. The van der Waals surface area contributed by atoms with E-state index < -0.39 is 5.60 Å². The Hall–Kier alpha value is -1.51. The maximum Gasteiger partial charge on any atom is 0.340 e. The van der Waals surface area contributed by atoms with Gasteiger partial charge in [0, 0.05) is 13.1 Å². The number of benzene rings is 1. The van der Waals surface area contributed by atoms with Crippen LogP contribution in [-0.4, -0.2) is 24.7 Å². The summed E-state index contributed by atoms with van der Waals surface area (Å²) in [5.74, 6) is -0.231. The Morgan fingerprint density at radius 2 is 1.78 bits per heavy atom. The van der Waals surface area contributed by atoms with Crippen molar-refractivity contribution in [3.05, 3.63) is 29.8 Å². The second-order valence-corrected chi connectivity index (χ2v) is 5.71. The summed E-state index contributed by atoms with van der Waals surface area (Å²) in [6.45, 7) is 7.73. The van der Waals surface area contributed by atoms with Gasteiger partial charge in [-0.15, -0.1) is 0 Å². The van der Waals surface area contributed by atoms with Gasteiger partial charge in [0.2, 0.25) is 0 Å². The van der Waals surface area contributed by atoms with Crippen molar-refractivity contribution in [3.8, 4) is 0 Å². The fraction of sp³-hybridized carbons (Fsp3) is 0.533. The summed E-state index contributed by atoms with van der Waals surface area (Å²) >= 11 is 0. The van der Waals surface area contributed by atoms with Crippen molar-refractivity contribution in [2.75, 3.05) is 18.0 Å². The van der Waals surface area contributed by atoms with E-state index in [1.54, 1.807) is 0 Å². The molecule has 0 unspecified atom stereocenters. The van der Waals surface area contributed by atoms with Crippen molar-refractivity contribution in [2.24, 2.45) is 0 Å². The number of ether oxygens (including phenoxy) is 1. The molecule has 1 heterocycles. The van der Waals surface area contributed by atoms with Crippen LogP contribution >= 0.6 is 0 Å². The van der Waals surface area contributed by atoms with Crippen LogP contribution in [0.2, 0.25) is 0 Å². The standard InChI is InChI=1S/C15H21NO2/c1-15(2,3)18-14(17)12-8-4-5-9-13(12)16-10-6-7-11-16/h4-5,8-9H,6-7,10-11H2,1-3H3. The normalized spacial score (nSPS) is 15.8. The number of esters is 1. The van der Waals surface area contributed by atoms with Crippen LogP contribution < -0.4 is 4.90 Å². The lowest BCUT2D eigenvalue weighted by atomic mass is 10.1. The van der Waals surface area contributed by atoms with Gasteiger partial charge in [-0.3, -0.25) is 0 Å². The number of anilines is 1. The molecule has 0 aliphatic carbocycles. The molecule has 0 N–H and O–H groups in total. The predicted octanol–water partition coefficient (Wildman–Crippen LogP) is 3.24. The summed E-state index contributed by atoms with van der Waals surface area (Å²) in [5.41, 5.74) is 1.23. The van der Waals surface area contributed by atoms with Crippen molar-refractivity contribution in [3.63, 3.8) is 0 Å². The Bertz CT molecular complexity index is 428. The maximum absolute atomic E-state index is 12.2. The first-order valence-electron chi connectivity index (χ1n) is 6.55. The number of carbonyl (C=O) groups is 1. The molecule has 98 valence electrons. The molecule has 0 bridgehead atoms. The summed E-state index contributed by atoms with van der Waals surface area (Å²) in [7, 11) is 0. The van der Waals surface area contributed by atoms with Crippen LogP contribution in [0.3, 0.4) is 0 Å². The topological polar surface area (TPSA) is 29.5 Å². The Morgan fingerprint density at radius 1 is 1.17 bits per heavy atom. The SMILES string of the molecule is CC(C)(C)OC(=O)c1ccccc1N1CCCC1. The minimum atomic E-state index is -0.449. The third kappa shape index (κ3) is 3.03. The van der Waals surface area contributed by atoms with E-state index >= 15 is 0 Å². The molecule has 0 amide bonds. The molecule has 18 heavy (non-hydrogen) atoms. The van der Waals surface area contributed by atoms with Crippen molar-refractivity contribution >= 4 is 11.7 Å². The highest BCUT2D eigenvalue weighted by molar-refractivity contribution is 5.96. The quantitative estimate of drug-likeness (QED) is 0.751. The molecule has 0 aromatic heterocycles. The molecule has 1 aromatic carbocycles. The molecule has 1 fully saturated rings. The molecule has 1 saturated heterocycles. The number of hydrogen-bond donors (Lipinski definition) is 0. The molecule has 1 aromatic rings. The van der Waals surface area contributed by atoms with Gasteiger partial charge in [-0.25, -0.2) is 4.79 Å². The molecule has 1 aliphatic heterocycles. The van der Waals surface area contributed by atoms with Crippen molar-refractivity contribution < 1.29 is 9.53 Å². The smallest absolute Gasteiger partial charge is 0.340 e. The fourth-order valence-corrected chi connectivity index (χ4v) is 2.21. The van der Waals surface area contributed by atoms with E-state index in [9.17, 15) is 4.79 Å². The van der Waals surface area contributed by atoms with Crippen LogP contribution in [0.5, 0.6) is 0 Å². The summed E-state index contributed by atoms with van der Waals surface area (Å²) < 4.78 is 5.46. The lowest BCUT2D eigenvalue weighted by molar-refractivity contribution is 0.00703. The summed E-state index contributed by atoms with van der Waals surface area (Å²) in [6.07, 6.45) is 2.39. The van der Waals surface area contributed by atoms with Gasteiger partial charge in [0.1, 0.15) is 5.60 Å². The molecule has 3 heteroatoms. The van der Waals surface area contributed by atoms with Crippen molar-refractivity contribution in [1.82, 2.24) is 0 Å². The molecule has 0 saturated carbocycles. The van der Waals surface area contributed by atoms with Gasteiger partial charge in [0.15, 0.2) is 0 Å². The zero-order valence-corrected chi connectivity index (χ0v) is 11.4. The third-order valence-corrected chi connectivity index (χ3v) is 2.97. The van der Waals surface area contributed by atoms with Crippen LogP contribution in [0.15, 0.2) is 24.3 Å². The minimum Gasteiger partial charge on any atom is -0.456 e. The Labute approximate surface area is 109 Å². The molecule has 0 spiro atoms. The molecule has 0 radical (unpaired) electrons. The second-order valence-electron chi connectivity index (χ2n) is 5.71. The number of para-hydroxylation sites is 1. The Kier molecular flexibility index (Phi) is 3.60. The van der Waals surface area contributed by atoms with Crippen molar-refractivity contribution in [2.45, 2.75) is 39.2 Å². The van der Waals surface area contributed by atoms with Crippen LogP contribution in [-0.2, 0) is 4.74 Å². The largest absolute Gasteiger partial charge is 0.456 e. The molecular formula is C15H21NO2. The van der Waals surface area contributed by atoms with Gasteiger partial charge in [0.25, 0.3) is 0 Å².